The van der Waals surface area contributed by atoms with Crippen molar-refractivity contribution in [2.24, 2.45) is 23.7 Å². The third-order valence-electron chi connectivity index (χ3n) is 9.97. The van der Waals surface area contributed by atoms with Gasteiger partial charge < -0.3 is 14.6 Å². The van der Waals surface area contributed by atoms with E-state index in [2.05, 4.69) is 10.7 Å². The second-order valence-corrected chi connectivity index (χ2v) is 12.8. The van der Waals surface area contributed by atoms with Crippen molar-refractivity contribution in [1.29, 1.82) is 0 Å². The fourth-order valence-corrected chi connectivity index (χ4v) is 8.44. The van der Waals surface area contributed by atoms with Gasteiger partial charge in [-0.25, -0.2) is 0 Å². The van der Waals surface area contributed by atoms with Gasteiger partial charge in [-0.3, -0.25) is 29.9 Å². The molecule has 3 aromatic rings. The summed E-state index contributed by atoms with van der Waals surface area (Å²) < 4.78 is 10.9. The number of methoxy groups -OCH3 is 2. The molecule has 4 amide bonds. The molecule has 3 aromatic carbocycles. The van der Waals surface area contributed by atoms with Crippen LogP contribution in [0.4, 0.5) is 5.69 Å². The first-order valence-corrected chi connectivity index (χ1v) is 15.5. The zero-order valence-electron chi connectivity index (χ0n) is 24.8. The van der Waals surface area contributed by atoms with Crippen LogP contribution in [-0.4, -0.2) is 48.0 Å². The monoisotopic (exact) mass is 661 g/mol. The lowest BCUT2D eigenvalue weighted by Gasteiger charge is -2.50. The molecule has 6 atom stereocenters. The van der Waals surface area contributed by atoms with Crippen molar-refractivity contribution in [3.63, 3.8) is 0 Å². The smallest absolute Gasteiger partial charge is 0.260 e. The molecule has 3 fully saturated rings. The normalized spacial score (nSPS) is 28.2. The van der Waals surface area contributed by atoms with Gasteiger partial charge in [-0.2, -0.15) is 5.01 Å². The fraction of sp³-hybridized carbons (Fsp3) is 0.294. The number of allylic oxidation sites excluding steroid dienone is 2. The minimum Gasteiger partial charge on any atom is -0.508 e. The summed E-state index contributed by atoms with van der Waals surface area (Å²) in [6.07, 6.45) is 2.28. The Morgan fingerprint density at radius 1 is 0.913 bits per heavy atom. The highest BCUT2D eigenvalue weighted by Gasteiger charge is 2.70. The molecule has 0 aromatic heterocycles. The minimum absolute atomic E-state index is 0.109. The molecule has 2 heterocycles. The first-order chi connectivity index (χ1) is 22.1. The summed E-state index contributed by atoms with van der Waals surface area (Å²) in [5, 5.41) is 15.5. The Bertz CT molecular complexity index is 1840. The quantitative estimate of drug-likeness (QED) is 0.249. The molecule has 0 spiro atoms. The number of fused-ring (bicyclic) bond motifs is 4. The average Bonchev–Trinajstić information content (AvgIpc) is 3.46. The van der Waals surface area contributed by atoms with E-state index < -0.39 is 52.7 Å². The average molecular weight is 663 g/mol. The standard InChI is InChI=1S/C34H29Cl2N3O7/c1-45-18-6-3-16(4-7-18)34-24(32(43)39(33(34)44)38-26-11-5-17(35)13-25(26)36)15-22-20(9-10-21-28(22)31(42)37-30(21)41)29(34)23-14-19(46-2)8-12-27(23)40/h3-9,11-14,21-22,24,28-29,38,40H,10,15H2,1-2H3,(H,37,41,42)/t21-,22+,24-,28-,29+,34+/m0/s1. The van der Waals surface area contributed by atoms with Crippen molar-refractivity contribution in [3.8, 4) is 17.2 Å². The zero-order valence-corrected chi connectivity index (χ0v) is 26.3. The highest BCUT2D eigenvalue weighted by molar-refractivity contribution is 6.36. The second-order valence-electron chi connectivity index (χ2n) is 12.0. The third-order valence-corrected chi connectivity index (χ3v) is 10.5. The molecule has 0 bridgehead atoms. The van der Waals surface area contributed by atoms with E-state index in [1.807, 2.05) is 6.08 Å². The van der Waals surface area contributed by atoms with Gasteiger partial charge in [-0.1, -0.05) is 47.0 Å². The fourth-order valence-electron chi connectivity index (χ4n) is 7.99. The van der Waals surface area contributed by atoms with Crippen LogP contribution in [0, 0.1) is 23.7 Å². The molecule has 12 heteroatoms. The summed E-state index contributed by atoms with van der Waals surface area (Å²) in [6, 6.07) is 16.3. The predicted molar refractivity (Wildman–Crippen MR) is 168 cm³/mol. The van der Waals surface area contributed by atoms with Gasteiger partial charge in [0.2, 0.25) is 11.8 Å². The largest absolute Gasteiger partial charge is 0.508 e. The second kappa shape index (κ2) is 11.1. The first-order valence-electron chi connectivity index (χ1n) is 14.8. The summed E-state index contributed by atoms with van der Waals surface area (Å²) in [7, 11) is 3.02. The number of anilines is 1. The number of nitrogens with one attached hydrogen (secondary N) is 2. The number of hydrogen-bond donors (Lipinski definition) is 3. The van der Waals surface area contributed by atoms with E-state index in [1.165, 1.54) is 26.4 Å². The minimum atomic E-state index is -1.59. The molecule has 236 valence electrons. The predicted octanol–water partition coefficient (Wildman–Crippen LogP) is 4.99. The van der Waals surface area contributed by atoms with E-state index >= 15 is 4.79 Å². The van der Waals surface area contributed by atoms with Crippen LogP contribution in [0.25, 0.3) is 0 Å². The molecule has 3 N–H and O–H groups in total. The number of carbonyl (C=O) groups is 4. The SMILES string of the molecule is COc1ccc([C@@]23C(=O)N(Nc4ccc(Cl)cc4Cl)C(=O)[C@@H]2C[C@@H]2C(=CC[C@@H]4C(=O)NC(=O)[C@@H]42)[C@@H]3c2cc(OC)ccc2O)cc1. The lowest BCUT2D eigenvalue weighted by Crippen LogP contribution is -2.53. The Morgan fingerprint density at radius 3 is 2.33 bits per heavy atom. The number of phenols is 1. The maximum Gasteiger partial charge on any atom is 0.260 e. The van der Waals surface area contributed by atoms with Crippen molar-refractivity contribution in [2.75, 3.05) is 19.6 Å². The van der Waals surface area contributed by atoms with Crippen LogP contribution in [0.15, 0.2) is 72.3 Å². The summed E-state index contributed by atoms with van der Waals surface area (Å²) in [5.41, 5.74) is 3.21. The number of nitrogens with zero attached hydrogens (tertiary/aromatic N) is 1. The Hall–Kier alpha value is -4.54. The molecular weight excluding hydrogens is 633 g/mol. The molecule has 2 aliphatic carbocycles. The first kappa shape index (κ1) is 30.1. The number of ether oxygens (including phenoxy) is 2. The van der Waals surface area contributed by atoms with Crippen molar-refractivity contribution in [2.45, 2.75) is 24.2 Å². The summed E-state index contributed by atoms with van der Waals surface area (Å²) >= 11 is 12.6. The van der Waals surface area contributed by atoms with E-state index in [-0.39, 0.29) is 35.2 Å². The number of benzene rings is 3. The number of rotatable bonds is 6. The molecular formula is C34H29Cl2N3O7. The van der Waals surface area contributed by atoms with E-state index in [0.717, 1.165) is 5.01 Å². The lowest BCUT2D eigenvalue weighted by atomic mass is 9.49. The maximum atomic E-state index is 15.1. The van der Waals surface area contributed by atoms with Gasteiger partial charge in [-0.15, -0.1) is 0 Å². The van der Waals surface area contributed by atoms with E-state index in [1.54, 1.807) is 48.5 Å². The van der Waals surface area contributed by atoms with Gasteiger partial charge in [0.05, 0.1) is 48.1 Å². The van der Waals surface area contributed by atoms with Gasteiger partial charge in [0.15, 0.2) is 0 Å². The van der Waals surface area contributed by atoms with Crippen molar-refractivity contribution < 1.29 is 33.8 Å². The summed E-state index contributed by atoms with van der Waals surface area (Å²) in [4.78, 5) is 55.8. The number of hydrazine groups is 1. The Balaban J connectivity index is 1.50. The van der Waals surface area contributed by atoms with Crippen LogP contribution >= 0.6 is 23.2 Å². The molecule has 4 aliphatic rings. The van der Waals surface area contributed by atoms with Crippen molar-refractivity contribution in [3.05, 3.63) is 93.5 Å². The van der Waals surface area contributed by atoms with Crippen LogP contribution in [0.2, 0.25) is 10.0 Å². The summed E-state index contributed by atoms with van der Waals surface area (Å²) in [5.74, 6) is -4.82. The van der Waals surface area contributed by atoms with Crippen LogP contribution in [0.1, 0.15) is 29.9 Å². The van der Waals surface area contributed by atoms with Crippen LogP contribution in [0.5, 0.6) is 17.2 Å². The van der Waals surface area contributed by atoms with Gasteiger partial charge in [0.25, 0.3) is 11.8 Å². The molecule has 1 saturated carbocycles. The van der Waals surface area contributed by atoms with Crippen molar-refractivity contribution >= 4 is 52.5 Å². The topological polar surface area (TPSA) is 134 Å². The molecule has 2 saturated heterocycles. The van der Waals surface area contributed by atoms with Crippen LogP contribution in [0.3, 0.4) is 0 Å². The molecule has 46 heavy (non-hydrogen) atoms. The van der Waals surface area contributed by atoms with E-state index in [4.69, 9.17) is 32.7 Å². The van der Waals surface area contributed by atoms with Crippen LogP contribution < -0.4 is 20.2 Å². The molecule has 7 rings (SSSR count). The number of hydrogen-bond acceptors (Lipinski definition) is 8. The molecule has 0 unspecified atom stereocenters. The Labute approximate surface area is 274 Å². The zero-order chi connectivity index (χ0) is 32.5. The van der Waals surface area contributed by atoms with Gasteiger partial charge >= 0.3 is 0 Å². The van der Waals surface area contributed by atoms with Crippen molar-refractivity contribution in [1.82, 2.24) is 10.3 Å². The van der Waals surface area contributed by atoms with E-state index in [0.29, 0.717) is 33.2 Å². The number of halogens is 2. The van der Waals surface area contributed by atoms with E-state index in [9.17, 15) is 19.5 Å². The molecule has 2 aliphatic heterocycles. The highest BCUT2D eigenvalue weighted by Crippen LogP contribution is 2.64. The Morgan fingerprint density at radius 2 is 1.63 bits per heavy atom. The number of carbonyl (C=O) groups excluding carboxylic acids is 4. The van der Waals surface area contributed by atoms with Gasteiger partial charge in [-0.05, 0) is 72.9 Å². The summed E-state index contributed by atoms with van der Waals surface area (Å²) in [6.45, 7) is 0. The highest BCUT2D eigenvalue weighted by atomic mass is 35.5. The molecule has 0 radical (unpaired) electrons. The third kappa shape index (κ3) is 4.30. The van der Waals surface area contributed by atoms with Crippen LogP contribution in [-0.2, 0) is 24.6 Å². The lowest BCUT2D eigenvalue weighted by molar-refractivity contribution is -0.138. The van der Waals surface area contributed by atoms with Gasteiger partial charge in [0.1, 0.15) is 17.2 Å². The number of imide groups is 2. The number of phenolic OH excluding ortho intramolecular Hbond substituents is 1. The maximum absolute atomic E-state index is 15.1. The molecule has 10 nitrogen and oxygen atoms in total. The number of amides is 4. The van der Waals surface area contributed by atoms with Gasteiger partial charge in [0, 0.05) is 16.5 Å². The number of aromatic hydroxyl groups is 1. The Kier molecular flexibility index (Phi) is 7.25.